The summed E-state index contributed by atoms with van der Waals surface area (Å²) < 4.78 is 15.4. The van der Waals surface area contributed by atoms with Crippen LogP contribution < -0.4 is 0 Å². The topological polar surface area (TPSA) is 37.6 Å². The minimum absolute atomic E-state index is 0.153. The predicted molar refractivity (Wildman–Crippen MR) is 117 cm³/mol. The van der Waals surface area contributed by atoms with E-state index in [4.69, 9.17) is 11.6 Å². The zero-order valence-corrected chi connectivity index (χ0v) is 17.3. The molecule has 0 saturated carbocycles. The Morgan fingerprint density at radius 2 is 1.97 bits per heavy atom. The van der Waals surface area contributed by atoms with Crippen LogP contribution in [0.15, 0.2) is 70.7 Å². The predicted octanol–water partition coefficient (Wildman–Crippen LogP) is 5.81. The Morgan fingerprint density at radius 1 is 1.14 bits per heavy atom. The number of hydrogen-bond acceptors (Lipinski definition) is 3. The highest BCUT2D eigenvalue weighted by atomic mass is 35.5. The summed E-state index contributed by atoms with van der Waals surface area (Å²) in [5.41, 5.74) is 3.23. The Labute approximate surface area is 177 Å². The molecule has 2 aromatic carbocycles. The molecule has 4 nitrogen and oxygen atoms in total. The maximum Gasteiger partial charge on any atom is 0.266 e. The van der Waals surface area contributed by atoms with Gasteiger partial charge in [-0.3, -0.25) is 9.69 Å². The van der Waals surface area contributed by atoms with Gasteiger partial charge in [0.15, 0.2) is 5.17 Å². The highest BCUT2D eigenvalue weighted by Crippen LogP contribution is 2.33. The number of aryl methyl sites for hydroxylation is 1. The average Bonchev–Trinajstić information content (AvgIpc) is 3.25. The van der Waals surface area contributed by atoms with Gasteiger partial charge in [0.25, 0.3) is 5.91 Å². The summed E-state index contributed by atoms with van der Waals surface area (Å²) in [6.45, 7) is 1.95. The fraction of sp³-hybridized carbons (Fsp3) is 0.0909. The van der Waals surface area contributed by atoms with E-state index in [-0.39, 0.29) is 11.7 Å². The third kappa shape index (κ3) is 3.99. The molecule has 0 spiro atoms. The summed E-state index contributed by atoms with van der Waals surface area (Å²) in [7, 11) is 1.66. The number of thioether (sulfide) groups is 1. The molecule has 29 heavy (non-hydrogen) atoms. The summed E-state index contributed by atoms with van der Waals surface area (Å²) in [5.74, 6) is -0.519. The standard InChI is InChI=1S/C22H17ClFN3OS/c1-14-8-9-18(12-19(14)23)27-10-4-7-17(27)13-20-21(28)26(2)22(29-20)25-16-6-3-5-15(24)11-16/h3-13H,1-2H3/b20-13-,25-22?. The Morgan fingerprint density at radius 3 is 2.72 bits per heavy atom. The number of halogens is 2. The van der Waals surface area contributed by atoms with Gasteiger partial charge in [-0.2, -0.15) is 0 Å². The monoisotopic (exact) mass is 425 g/mol. The van der Waals surface area contributed by atoms with Crippen molar-refractivity contribution in [3.05, 3.63) is 87.8 Å². The number of aromatic nitrogens is 1. The van der Waals surface area contributed by atoms with Crippen molar-refractivity contribution in [2.24, 2.45) is 4.99 Å². The fourth-order valence-corrected chi connectivity index (χ4v) is 4.07. The van der Waals surface area contributed by atoms with Crippen LogP contribution in [0.4, 0.5) is 10.1 Å². The molecule has 0 N–H and O–H groups in total. The number of carbonyl (C=O) groups excluding carboxylic acids is 1. The normalized spacial score (nSPS) is 17.0. The number of carbonyl (C=O) groups is 1. The van der Waals surface area contributed by atoms with Crippen LogP contribution in [0.3, 0.4) is 0 Å². The first kappa shape index (κ1) is 19.5. The van der Waals surface area contributed by atoms with E-state index < -0.39 is 0 Å². The van der Waals surface area contributed by atoms with Crippen LogP contribution in [0.1, 0.15) is 11.3 Å². The lowest BCUT2D eigenvalue weighted by molar-refractivity contribution is -0.121. The highest BCUT2D eigenvalue weighted by Gasteiger charge is 2.30. The lowest BCUT2D eigenvalue weighted by atomic mass is 10.2. The number of amidine groups is 1. The molecule has 7 heteroatoms. The second kappa shape index (κ2) is 7.89. The summed E-state index contributed by atoms with van der Waals surface area (Å²) in [4.78, 5) is 19.1. The van der Waals surface area contributed by atoms with Gasteiger partial charge in [0.05, 0.1) is 10.6 Å². The van der Waals surface area contributed by atoms with Crippen molar-refractivity contribution < 1.29 is 9.18 Å². The number of rotatable bonds is 3. The molecule has 3 aromatic rings. The number of benzene rings is 2. The van der Waals surface area contributed by atoms with Gasteiger partial charge in [-0.15, -0.1) is 0 Å². The Kier molecular flexibility index (Phi) is 5.30. The average molecular weight is 426 g/mol. The van der Waals surface area contributed by atoms with Crippen molar-refractivity contribution in [3.63, 3.8) is 0 Å². The number of aliphatic imine (C=N–C) groups is 1. The van der Waals surface area contributed by atoms with Crippen LogP contribution in [-0.2, 0) is 4.79 Å². The largest absolute Gasteiger partial charge is 0.317 e. The van der Waals surface area contributed by atoms with Crippen LogP contribution in [0.25, 0.3) is 11.8 Å². The fourth-order valence-electron chi connectivity index (χ4n) is 2.92. The van der Waals surface area contributed by atoms with Gasteiger partial charge in [-0.25, -0.2) is 9.38 Å². The van der Waals surface area contributed by atoms with Crippen molar-refractivity contribution in [3.8, 4) is 5.69 Å². The van der Waals surface area contributed by atoms with E-state index in [1.807, 2.05) is 54.1 Å². The first-order chi connectivity index (χ1) is 13.9. The maximum atomic E-state index is 13.4. The molecule has 1 fully saturated rings. The van der Waals surface area contributed by atoms with Crippen molar-refractivity contribution in [1.82, 2.24) is 9.47 Å². The zero-order valence-electron chi connectivity index (χ0n) is 15.8. The Balaban J connectivity index is 1.67. The van der Waals surface area contributed by atoms with E-state index in [1.54, 1.807) is 19.2 Å². The van der Waals surface area contributed by atoms with Gasteiger partial charge in [0.2, 0.25) is 0 Å². The van der Waals surface area contributed by atoms with E-state index in [9.17, 15) is 9.18 Å². The third-order valence-electron chi connectivity index (χ3n) is 4.53. The minimum Gasteiger partial charge on any atom is -0.317 e. The van der Waals surface area contributed by atoms with Crippen LogP contribution in [0.5, 0.6) is 0 Å². The molecule has 1 aliphatic rings. The molecule has 1 aromatic heterocycles. The molecule has 0 radical (unpaired) electrons. The van der Waals surface area contributed by atoms with Gasteiger partial charge in [0, 0.05) is 29.6 Å². The van der Waals surface area contributed by atoms with E-state index >= 15 is 0 Å². The third-order valence-corrected chi connectivity index (χ3v) is 6.00. The molecule has 1 amide bonds. The highest BCUT2D eigenvalue weighted by molar-refractivity contribution is 8.18. The van der Waals surface area contributed by atoms with E-state index in [0.29, 0.717) is 20.8 Å². The number of hydrogen-bond donors (Lipinski definition) is 0. The SMILES string of the molecule is Cc1ccc(-n2cccc2/C=C2\SC(=Nc3cccc(F)c3)N(C)C2=O)cc1Cl. The second-order valence-electron chi connectivity index (χ2n) is 6.59. The van der Waals surface area contributed by atoms with Crippen molar-refractivity contribution in [2.45, 2.75) is 6.92 Å². The number of amides is 1. The first-order valence-electron chi connectivity index (χ1n) is 8.88. The van der Waals surface area contributed by atoms with Crippen molar-refractivity contribution in [1.29, 1.82) is 0 Å². The van der Waals surface area contributed by atoms with E-state index in [0.717, 1.165) is 16.9 Å². The molecule has 0 unspecified atom stereocenters. The lowest BCUT2D eigenvalue weighted by Crippen LogP contribution is -2.23. The van der Waals surface area contributed by atoms with E-state index in [2.05, 4.69) is 4.99 Å². The molecule has 4 rings (SSSR count). The maximum absolute atomic E-state index is 13.4. The zero-order chi connectivity index (χ0) is 20.5. The van der Waals surface area contributed by atoms with Crippen LogP contribution in [0.2, 0.25) is 5.02 Å². The molecule has 0 aliphatic carbocycles. The lowest BCUT2D eigenvalue weighted by Gasteiger charge is -2.09. The van der Waals surface area contributed by atoms with E-state index in [1.165, 1.54) is 28.8 Å². The van der Waals surface area contributed by atoms with Gasteiger partial charge in [0.1, 0.15) is 5.82 Å². The van der Waals surface area contributed by atoms with Gasteiger partial charge in [-0.1, -0.05) is 23.7 Å². The van der Waals surface area contributed by atoms with Crippen LogP contribution in [-0.4, -0.2) is 27.6 Å². The van der Waals surface area contributed by atoms with Crippen molar-refractivity contribution >= 4 is 46.2 Å². The number of likely N-dealkylation sites (N-methyl/N-ethyl adjacent to an activating group) is 1. The van der Waals surface area contributed by atoms with Gasteiger partial charge >= 0.3 is 0 Å². The second-order valence-corrected chi connectivity index (χ2v) is 8.00. The molecule has 0 atom stereocenters. The smallest absolute Gasteiger partial charge is 0.266 e. The summed E-state index contributed by atoms with van der Waals surface area (Å²) in [6, 6.07) is 15.7. The summed E-state index contributed by atoms with van der Waals surface area (Å²) in [5, 5.41) is 1.19. The van der Waals surface area contributed by atoms with Gasteiger partial charge in [-0.05, 0) is 72.8 Å². The summed E-state index contributed by atoms with van der Waals surface area (Å²) >= 11 is 7.53. The molecule has 146 valence electrons. The molecule has 1 aliphatic heterocycles. The molecule has 0 bridgehead atoms. The Bertz CT molecular complexity index is 1170. The quantitative estimate of drug-likeness (QED) is 0.496. The Hall–Kier alpha value is -2.83. The van der Waals surface area contributed by atoms with Crippen LogP contribution in [0, 0.1) is 12.7 Å². The minimum atomic E-state index is -0.367. The van der Waals surface area contributed by atoms with Crippen molar-refractivity contribution in [2.75, 3.05) is 7.05 Å². The first-order valence-corrected chi connectivity index (χ1v) is 10.1. The number of nitrogens with zero attached hydrogens (tertiary/aromatic N) is 3. The molecular weight excluding hydrogens is 409 g/mol. The van der Waals surface area contributed by atoms with Crippen LogP contribution >= 0.6 is 23.4 Å². The molecule has 2 heterocycles. The summed E-state index contributed by atoms with van der Waals surface area (Å²) in [6.07, 6.45) is 3.74. The van der Waals surface area contributed by atoms with Gasteiger partial charge < -0.3 is 4.57 Å². The molecular formula is C22H17ClFN3OS. The molecule has 1 saturated heterocycles.